The van der Waals surface area contributed by atoms with E-state index in [1.54, 1.807) is 12.3 Å². The molecule has 0 radical (unpaired) electrons. The van der Waals surface area contributed by atoms with Gasteiger partial charge in [-0.2, -0.15) is 0 Å². The third-order valence-corrected chi connectivity index (χ3v) is 3.56. The molecule has 0 bridgehead atoms. The van der Waals surface area contributed by atoms with Crippen molar-refractivity contribution in [2.45, 2.75) is 6.61 Å². The Morgan fingerprint density at radius 3 is 2.90 bits per heavy atom. The Morgan fingerprint density at radius 1 is 1.43 bits per heavy atom. The summed E-state index contributed by atoms with van der Waals surface area (Å²) in [5.41, 5.74) is 0.598. The van der Waals surface area contributed by atoms with Gasteiger partial charge >= 0.3 is 5.97 Å². The van der Waals surface area contributed by atoms with Crippen molar-refractivity contribution in [3.05, 3.63) is 57.0 Å². The highest BCUT2D eigenvalue weighted by Gasteiger charge is 2.13. The molecule has 0 saturated carbocycles. The van der Waals surface area contributed by atoms with E-state index in [0.29, 0.717) is 10.9 Å². The SMILES string of the molecule is COC(=O)c1cc(OCc2cc(Cl)ncc2Br)ccc1F. The maximum absolute atomic E-state index is 13.5. The van der Waals surface area contributed by atoms with E-state index >= 15 is 0 Å². The van der Waals surface area contributed by atoms with Crippen molar-refractivity contribution < 1.29 is 18.7 Å². The van der Waals surface area contributed by atoms with Gasteiger partial charge in [-0.1, -0.05) is 11.6 Å². The first-order chi connectivity index (χ1) is 10.0. The Hall–Kier alpha value is -1.66. The Labute approximate surface area is 134 Å². The molecule has 0 fully saturated rings. The highest BCUT2D eigenvalue weighted by atomic mass is 79.9. The number of halogens is 3. The Morgan fingerprint density at radius 2 is 2.19 bits per heavy atom. The van der Waals surface area contributed by atoms with E-state index in [4.69, 9.17) is 16.3 Å². The number of hydrogen-bond acceptors (Lipinski definition) is 4. The summed E-state index contributed by atoms with van der Waals surface area (Å²) >= 11 is 9.14. The second-order valence-electron chi connectivity index (χ2n) is 4.02. The Bertz CT molecular complexity index is 681. The predicted octanol–water partition coefficient (Wildman–Crippen LogP) is 4.00. The highest BCUT2D eigenvalue weighted by Crippen LogP contribution is 2.23. The normalized spacial score (nSPS) is 10.3. The number of aromatic nitrogens is 1. The molecule has 0 aliphatic rings. The lowest BCUT2D eigenvalue weighted by molar-refractivity contribution is 0.0595. The van der Waals surface area contributed by atoms with Gasteiger partial charge in [0.2, 0.25) is 0 Å². The smallest absolute Gasteiger partial charge is 0.340 e. The van der Waals surface area contributed by atoms with Crippen molar-refractivity contribution in [2.75, 3.05) is 7.11 Å². The van der Waals surface area contributed by atoms with Crippen LogP contribution in [0, 0.1) is 5.82 Å². The molecule has 0 atom stereocenters. The van der Waals surface area contributed by atoms with Crippen molar-refractivity contribution in [2.24, 2.45) is 0 Å². The number of hydrogen-bond donors (Lipinski definition) is 0. The van der Waals surface area contributed by atoms with E-state index in [-0.39, 0.29) is 12.2 Å². The minimum absolute atomic E-state index is 0.179. The fraction of sp³-hybridized carbons (Fsp3) is 0.143. The van der Waals surface area contributed by atoms with Crippen LogP contribution in [0.25, 0.3) is 0 Å². The summed E-state index contributed by atoms with van der Waals surface area (Å²) < 4.78 is 24.3. The number of benzene rings is 1. The van der Waals surface area contributed by atoms with Crippen LogP contribution in [-0.4, -0.2) is 18.1 Å². The fourth-order valence-electron chi connectivity index (χ4n) is 1.58. The lowest BCUT2D eigenvalue weighted by Gasteiger charge is -2.09. The summed E-state index contributed by atoms with van der Waals surface area (Å²) in [6.07, 6.45) is 1.56. The summed E-state index contributed by atoms with van der Waals surface area (Å²) in [7, 11) is 1.19. The maximum Gasteiger partial charge on any atom is 0.340 e. The molecule has 0 spiro atoms. The first kappa shape index (κ1) is 15.7. The van der Waals surface area contributed by atoms with Gasteiger partial charge in [0.05, 0.1) is 12.7 Å². The van der Waals surface area contributed by atoms with Crippen LogP contribution in [0.1, 0.15) is 15.9 Å². The Balaban J connectivity index is 2.17. The first-order valence-electron chi connectivity index (χ1n) is 5.82. The van der Waals surface area contributed by atoms with Crippen molar-refractivity contribution in [1.29, 1.82) is 0 Å². The maximum atomic E-state index is 13.5. The minimum Gasteiger partial charge on any atom is -0.489 e. The van der Waals surface area contributed by atoms with E-state index in [0.717, 1.165) is 16.1 Å². The number of esters is 1. The zero-order valence-corrected chi connectivity index (χ0v) is 13.2. The van der Waals surface area contributed by atoms with Gasteiger partial charge < -0.3 is 9.47 Å². The molecule has 0 unspecified atom stereocenters. The lowest BCUT2D eigenvalue weighted by Crippen LogP contribution is -2.05. The molecule has 0 N–H and O–H groups in total. The van der Waals surface area contributed by atoms with Crippen molar-refractivity contribution in [3.8, 4) is 5.75 Å². The summed E-state index contributed by atoms with van der Waals surface area (Å²) in [5, 5.41) is 0.339. The van der Waals surface area contributed by atoms with Crippen LogP contribution >= 0.6 is 27.5 Å². The molecular weight excluding hydrogens is 365 g/mol. The number of methoxy groups -OCH3 is 1. The molecule has 1 aromatic heterocycles. The molecular formula is C14H10BrClFNO3. The summed E-state index contributed by atoms with van der Waals surface area (Å²) in [6, 6.07) is 5.52. The van der Waals surface area contributed by atoms with Crippen LogP contribution in [0.5, 0.6) is 5.75 Å². The zero-order chi connectivity index (χ0) is 15.4. The molecule has 0 aliphatic carbocycles. The summed E-state index contributed by atoms with van der Waals surface area (Å²) in [4.78, 5) is 15.3. The van der Waals surface area contributed by atoms with Gasteiger partial charge in [-0.05, 0) is 40.2 Å². The zero-order valence-electron chi connectivity index (χ0n) is 10.9. The fourth-order valence-corrected chi connectivity index (χ4v) is 2.10. The number of carbonyl (C=O) groups excluding carboxylic acids is 1. The van der Waals surface area contributed by atoms with E-state index in [1.807, 2.05) is 0 Å². The van der Waals surface area contributed by atoms with E-state index in [2.05, 4.69) is 25.7 Å². The van der Waals surface area contributed by atoms with Gasteiger partial charge in [0.1, 0.15) is 23.3 Å². The molecule has 21 heavy (non-hydrogen) atoms. The van der Waals surface area contributed by atoms with Crippen LogP contribution in [0.4, 0.5) is 4.39 Å². The van der Waals surface area contributed by atoms with Crippen LogP contribution in [0.3, 0.4) is 0 Å². The number of pyridine rings is 1. The van der Waals surface area contributed by atoms with Crippen LogP contribution < -0.4 is 4.74 Å². The Kier molecular flexibility index (Phi) is 5.14. The molecule has 0 saturated heterocycles. The average Bonchev–Trinajstić information content (AvgIpc) is 2.48. The standard InChI is InChI=1S/C14H10BrClFNO3/c1-20-14(19)10-5-9(2-3-12(10)17)21-7-8-4-13(16)18-6-11(8)15/h2-6H,7H2,1H3. The average molecular weight is 375 g/mol. The molecule has 110 valence electrons. The second kappa shape index (κ2) is 6.87. The van der Waals surface area contributed by atoms with E-state index in [1.165, 1.54) is 19.2 Å². The van der Waals surface area contributed by atoms with Crippen LogP contribution in [0.2, 0.25) is 5.15 Å². The summed E-state index contributed by atoms with van der Waals surface area (Å²) in [5.74, 6) is -1.08. The van der Waals surface area contributed by atoms with E-state index < -0.39 is 11.8 Å². The first-order valence-corrected chi connectivity index (χ1v) is 6.99. The van der Waals surface area contributed by atoms with Crippen molar-refractivity contribution >= 4 is 33.5 Å². The second-order valence-corrected chi connectivity index (χ2v) is 5.26. The number of ether oxygens (including phenoxy) is 2. The summed E-state index contributed by atoms with van der Waals surface area (Å²) in [6.45, 7) is 0.190. The van der Waals surface area contributed by atoms with Gasteiger partial charge in [0.15, 0.2) is 0 Å². The van der Waals surface area contributed by atoms with E-state index in [9.17, 15) is 9.18 Å². The van der Waals surface area contributed by atoms with Crippen LogP contribution in [-0.2, 0) is 11.3 Å². The third-order valence-electron chi connectivity index (χ3n) is 2.64. The number of rotatable bonds is 4. The number of nitrogens with zero attached hydrogens (tertiary/aromatic N) is 1. The van der Waals surface area contributed by atoms with Gasteiger partial charge in [0.25, 0.3) is 0 Å². The molecule has 1 aromatic carbocycles. The van der Waals surface area contributed by atoms with Crippen molar-refractivity contribution in [1.82, 2.24) is 4.98 Å². The third kappa shape index (κ3) is 3.92. The predicted molar refractivity (Wildman–Crippen MR) is 79.0 cm³/mol. The van der Waals surface area contributed by atoms with Gasteiger partial charge in [-0.25, -0.2) is 14.2 Å². The highest BCUT2D eigenvalue weighted by molar-refractivity contribution is 9.10. The molecule has 0 aliphatic heterocycles. The largest absolute Gasteiger partial charge is 0.489 e. The molecule has 0 amide bonds. The molecule has 2 aromatic rings. The molecule has 7 heteroatoms. The number of carbonyl (C=O) groups is 1. The lowest BCUT2D eigenvalue weighted by atomic mass is 10.2. The van der Waals surface area contributed by atoms with Gasteiger partial charge in [-0.15, -0.1) is 0 Å². The quantitative estimate of drug-likeness (QED) is 0.599. The monoisotopic (exact) mass is 373 g/mol. The van der Waals surface area contributed by atoms with Gasteiger partial charge in [-0.3, -0.25) is 0 Å². The molecule has 1 heterocycles. The van der Waals surface area contributed by atoms with Crippen molar-refractivity contribution in [3.63, 3.8) is 0 Å². The van der Waals surface area contributed by atoms with Crippen LogP contribution in [0.15, 0.2) is 34.9 Å². The minimum atomic E-state index is -0.758. The molecule has 2 rings (SSSR count). The topological polar surface area (TPSA) is 48.4 Å². The molecule has 4 nitrogen and oxygen atoms in total. The van der Waals surface area contributed by atoms with Gasteiger partial charge in [0, 0.05) is 16.2 Å².